The third-order valence-electron chi connectivity index (χ3n) is 3.76. The highest BCUT2D eigenvalue weighted by Crippen LogP contribution is 2.25. The fraction of sp³-hybridized carbons (Fsp3) is 0.222. The number of halogens is 1. The van der Waals surface area contributed by atoms with Gasteiger partial charge in [-0.2, -0.15) is 0 Å². The standard InChI is InChI=1S/C18H17ClN4O4S2/c1-23-14(9-27-13-6-4-3-5-11(13)19)21-22-18(23)29-10-15(24)20-12-7-8-28-16(12)17(25)26-2/h3-8H,9-10H2,1-2H3,(H,20,24). The van der Waals surface area contributed by atoms with Gasteiger partial charge in [0.25, 0.3) is 0 Å². The molecule has 1 amide bonds. The monoisotopic (exact) mass is 452 g/mol. The molecule has 0 aliphatic carbocycles. The van der Waals surface area contributed by atoms with Gasteiger partial charge in [0.15, 0.2) is 11.0 Å². The molecule has 1 N–H and O–H groups in total. The van der Waals surface area contributed by atoms with Crippen LogP contribution >= 0.6 is 34.7 Å². The maximum atomic E-state index is 12.2. The SMILES string of the molecule is COC(=O)c1sccc1NC(=O)CSc1nnc(COc2ccccc2Cl)n1C. The largest absolute Gasteiger partial charge is 0.484 e. The van der Waals surface area contributed by atoms with Crippen molar-refractivity contribution in [2.45, 2.75) is 11.8 Å². The van der Waals surface area contributed by atoms with E-state index in [1.165, 1.54) is 30.2 Å². The Morgan fingerprint density at radius 2 is 2.07 bits per heavy atom. The van der Waals surface area contributed by atoms with E-state index in [0.717, 1.165) is 0 Å². The zero-order chi connectivity index (χ0) is 20.8. The average Bonchev–Trinajstić information content (AvgIpc) is 3.32. The van der Waals surface area contributed by atoms with Gasteiger partial charge in [-0.3, -0.25) is 4.79 Å². The first-order valence-corrected chi connectivity index (χ1v) is 10.6. The Morgan fingerprint density at radius 1 is 1.28 bits per heavy atom. The summed E-state index contributed by atoms with van der Waals surface area (Å²) in [6.45, 7) is 0.192. The van der Waals surface area contributed by atoms with Crippen molar-refractivity contribution in [3.8, 4) is 5.75 Å². The second-order valence-electron chi connectivity index (χ2n) is 5.67. The third kappa shape index (κ3) is 5.28. The highest BCUT2D eigenvalue weighted by atomic mass is 35.5. The molecule has 0 spiro atoms. The summed E-state index contributed by atoms with van der Waals surface area (Å²) in [5.74, 6) is 0.504. The first-order chi connectivity index (χ1) is 14.0. The number of anilines is 1. The molecular formula is C18H17ClN4O4S2. The van der Waals surface area contributed by atoms with Gasteiger partial charge in [0.05, 0.1) is 23.6 Å². The lowest BCUT2D eigenvalue weighted by Crippen LogP contribution is -2.16. The molecule has 152 valence electrons. The number of hydrogen-bond donors (Lipinski definition) is 1. The van der Waals surface area contributed by atoms with Crippen molar-refractivity contribution in [1.29, 1.82) is 0 Å². The summed E-state index contributed by atoms with van der Waals surface area (Å²) in [5.41, 5.74) is 0.430. The average molecular weight is 453 g/mol. The van der Waals surface area contributed by atoms with E-state index in [9.17, 15) is 9.59 Å². The molecule has 2 heterocycles. The van der Waals surface area contributed by atoms with E-state index in [-0.39, 0.29) is 18.3 Å². The van der Waals surface area contributed by atoms with E-state index in [4.69, 9.17) is 21.1 Å². The normalized spacial score (nSPS) is 10.6. The summed E-state index contributed by atoms with van der Waals surface area (Å²) in [6.07, 6.45) is 0. The second-order valence-corrected chi connectivity index (χ2v) is 7.93. The highest BCUT2D eigenvalue weighted by molar-refractivity contribution is 7.99. The second kappa shape index (κ2) is 9.77. The van der Waals surface area contributed by atoms with E-state index < -0.39 is 5.97 Å². The van der Waals surface area contributed by atoms with Crippen LogP contribution in [0.3, 0.4) is 0 Å². The van der Waals surface area contributed by atoms with Crippen molar-refractivity contribution in [1.82, 2.24) is 14.8 Å². The maximum Gasteiger partial charge on any atom is 0.350 e. The van der Waals surface area contributed by atoms with Crippen molar-refractivity contribution in [3.05, 3.63) is 51.4 Å². The minimum absolute atomic E-state index is 0.105. The predicted molar refractivity (Wildman–Crippen MR) is 112 cm³/mol. The molecular weight excluding hydrogens is 436 g/mol. The quantitative estimate of drug-likeness (QED) is 0.412. The van der Waals surface area contributed by atoms with Crippen LogP contribution in [0.4, 0.5) is 5.69 Å². The fourth-order valence-corrected chi connectivity index (χ4v) is 3.96. The van der Waals surface area contributed by atoms with Crippen LogP contribution in [0.5, 0.6) is 5.75 Å². The lowest BCUT2D eigenvalue weighted by atomic mass is 10.3. The van der Waals surface area contributed by atoms with Crippen molar-refractivity contribution >= 4 is 52.3 Å². The van der Waals surface area contributed by atoms with Gasteiger partial charge in [0.1, 0.15) is 17.2 Å². The van der Waals surface area contributed by atoms with Crippen LogP contribution in [0.15, 0.2) is 40.9 Å². The van der Waals surface area contributed by atoms with Crippen molar-refractivity contribution < 1.29 is 19.1 Å². The summed E-state index contributed by atoms with van der Waals surface area (Å²) in [6, 6.07) is 8.82. The van der Waals surface area contributed by atoms with E-state index in [0.29, 0.717) is 32.3 Å². The van der Waals surface area contributed by atoms with Gasteiger partial charge in [0, 0.05) is 7.05 Å². The Bertz CT molecular complexity index is 1020. The number of hydrogen-bond acceptors (Lipinski definition) is 8. The van der Waals surface area contributed by atoms with Crippen LogP contribution in [0.1, 0.15) is 15.5 Å². The number of methoxy groups -OCH3 is 1. The minimum atomic E-state index is -0.487. The van der Waals surface area contributed by atoms with Gasteiger partial charge in [-0.25, -0.2) is 4.79 Å². The molecule has 3 aromatic rings. The zero-order valence-electron chi connectivity index (χ0n) is 15.5. The molecule has 0 saturated carbocycles. The Balaban J connectivity index is 1.55. The van der Waals surface area contributed by atoms with Crippen LogP contribution < -0.4 is 10.1 Å². The number of nitrogens with zero attached hydrogens (tertiary/aromatic N) is 3. The lowest BCUT2D eigenvalue weighted by Gasteiger charge is -2.08. The number of thiophene rings is 1. The summed E-state index contributed by atoms with van der Waals surface area (Å²) in [4.78, 5) is 24.3. The molecule has 0 aliphatic heterocycles. The summed E-state index contributed by atoms with van der Waals surface area (Å²) >= 11 is 8.50. The van der Waals surface area contributed by atoms with Crippen LogP contribution in [0.25, 0.3) is 0 Å². The Kier molecular flexibility index (Phi) is 7.13. The number of thioether (sulfide) groups is 1. The molecule has 0 bridgehead atoms. The number of rotatable bonds is 8. The number of aromatic nitrogens is 3. The number of ether oxygens (including phenoxy) is 2. The Hall–Kier alpha value is -2.56. The molecule has 0 saturated heterocycles. The fourth-order valence-electron chi connectivity index (χ4n) is 2.28. The summed E-state index contributed by atoms with van der Waals surface area (Å²) in [7, 11) is 3.09. The van der Waals surface area contributed by atoms with E-state index in [1.54, 1.807) is 35.2 Å². The first kappa shape index (κ1) is 21.2. The van der Waals surface area contributed by atoms with Gasteiger partial charge in [-0.05, 0) is 23.6 Å². The molecule has 11 heteroatoms. The van der Waals surface area contributed by atoms with E-state index in [1.807, 2.05) is 12.1 Å². The van der Waals surface area contributed by atoms with Crippen LogP contribution in [0, 0.1) is 0 Å². The summed E-state index contributed by atoms with van der Waals surface area (Å²) in [5, 5.41) is 13.7. The molecule has 0 radical (unpaired) electrons. The number of carbonyl (C=O) groups excluding carboxylic acids is 2. The van der Waals surface area contributed by atoms with Gasteiger partial charge in [-0.15, -0.1) is 21.5 Å². The topological polar surface area (TPSA) is 95.3 Å². The summed E-state index contributed by atoms with van der Waals surface area (Å²) < 4.78 is 12.1. The third-order valence-corrected chi connectivity index (χ3v) is 5.99. The number of esters is 1. The number of carbonyl (C=O) groups is 2. The molecule has 0 atom stereocenters. The van der Waals surface area contributed by atoms with E-state index >= 15 is 0 Å². The molecule has 29 heavy (non-hydrogen) atoms. The van der Waals surface area contributed by atoms with Crippen molar-refractivity contribution in [3.63, 3.8) is 0 Å². The predicted octanol–water partition coefficient (Wildman–Crippen LogP) is 3.63. The first-order valence-electron chi connectivity index (χ1n) is 8.33. The van der Waals surface area contributed by atoms with Crippen LogP contribution in [-0.4, -0.2) is 39.5 Å². The number of nitrogens with one attached hydrogen (secondary N) is 1. The number of amides is 1. The Morgan fingerprint density at radius 3 is 2.83 bits per heavy atom. The molecule has 3 rings (SSSR count). The zero-order valence-corrected chi connectivity index (χ0v) is 17.9. The maximum absolute atomic E-state index is 12.2. The van der Waals surface area contributed by atoms with Crippen molar-refractivity contribution in [2.75, 3.05) is 18.2 Å². The van der Waals surface area contributed by atoms with Crippen molar-refractivity contribution in [2.24, 2.45) is 7.05 Å². The smallest absolute Gasteiger partial charge is 0.350 e. The minimum Gasteiger partial charge on any atom is -0.484 e. The highest BCUT2D eigenvalue weighted by Gasteiger charge is 2.17. The molecule has 1 aromatic carbocycles. The van der Waals surface area contributed by atoms with Gasteiger partial charge >= 0.3 is 5.97 Å². The molecule has 8 nitrogen and oxygen atoms in total. The molecule has 0 fully saturated rings. The molecule has 2 aromatic heterocycles. The van der Waals surface area contributed by atoms with Gasteiger partial charge in [0.2, 0.25) is 5.91 Å². The number of benzene rings is 1. The molecule has 0 unspecified atom stereocenters. The van der Waals surface area contributed by atoms with E-state index in [2.05, 4.69) is 15.5 Å². The van der Waals surface area contributed by atoms with Crippen LogP contribution in [-0.2, 0) is 23.2 Å². The van der Waals surface area contributed by atoms with Crippen LogP contribution in [0.2, 0.25) is 5.02 Å². The molecule has 0 aliphatic rings. The lowest BCUT2D eigenvalue weighted by molar-refractivity contribution is -0.113. The number of para-hydroxylation sites is 1. The van der Waals surface area contributed by atoms with Gasteiger partial charge in [-0.1, -0.05) is 35.5 Å². The van der Waals surface area contributed by atoms with Gasteiger partial charge < -0.3 is 19.4 Å². The Labute approximate surface area is 180 Å².